The van der Waals surface area contributed by atoms with Gasteiger partial charge in [0, 0.05) is 18.8 Å². The summed E-state index contributed by atoms with van der Waals surface area (Å²) in [6, 6.07) is 1.78. The molecule has 0 saturated heterocycles. The normalized spacial score (nSPS) is 10.7. The molecule has 0 fully saturated rings. The van der Waals surface area contributed by atoms with Crippen LogP contribution in [0.15, 0.2) is 12.3 Å². The predicted octanol–water partition coefficient (Wildman–Crippen LogP) is 2.02. The number of anilines is 1. The number of hydrogen-bond acceptors (Lipinski definition) is 5. The molecule has 5 heteroatoms. The zero-order valence-electron chi connectivity index (χ0n) is 11.6. The maximum Gasteiger partial charge on any atom is 0.225 e. The summed E-state index contributed by atoms with van der Waals surface area (Å²) in [7, 11) is 4.18. The highest BCUT2D eigenvalue weighted by Crippen LogP contribution is 2.08. The molecule has 1 heterocycles. The minimum Gasteiger partial charge on any atom is -0.478 e. The topological polar surface area (TPSA) is 50.3 Å². The number of nitrogens with zero attached hydrogens (tertiary/aromatic N) is 3. The van der Waals surface area contributed by atoms with E-state index in [0.29, 0.717) is 18.4 Å². The van der Waals surface area contributed by atoms with Gasteiger partial charge in [-0.2, -0.15) is 4.98 Å². The number of rotatable bonds is 9. The molecule has 0 unspecified atom stereocenters. The highest BCUT2D eigenvalue weighted by atomic mass is 16.5. The zero-order valence-corrected chi connectivity index (χ0v) is 11.6. The Kier molecular flexibility index (Phi) is 7.10. The second kappa shape index (κ2) is 8.69. The third-order valence-corrected chi connectivity index (χ3v) is 2.40. The summed E-state index contributed by atoms with van der Waals surface area (Å²) in [5, 5.41) is 3.21. The van der Waals surface area contributed by atoms with E-state index in [2.05, 4.69) is 41.2 Å². The molecule has 0 spiro atoms. The highest BCUT2D eigenvalue weighted by molar-refractivity contribution is 5.27. The highest BCUT2D eigenvalue weighted by Gasteiger charge is 1.99. The third kappa shape index (κ3) is 6.39. The van der Waals surface area contributed by atoms with Crippen LogP contribution < -0.4 is 10.1 Å². The van der Waals surface area contributed by atoms with E-state index in [1.54, 1.807) is 12.3 Å². The molecule has 0 amide bonds. The van der Waals surface area contributed by atoms with Crippen molar-refractivity contribution in [2.24, 2.45) is 0 Å². The SMILES string of the molecule is CCCOc1ccnc(NCCCCN(C)C)n1. The van der Waals surface area contributed by atoms with Crippen molar-refractivity contribution in [1.82, 2.24) is 14.9 Å². The van der Waals surface area contributed by atoms with Crippen LogP contribution in [0.1, 0.15) is 26.2 Å². The second-order valence-corrected chi connectivity index (χ2v) is 4.50. The lowest BCUT2D eigenvalue weighted by molar-refractivity contribution is 0.305. The molecule has 0 aliphatic rings. The number of ether oxygens (including phenoxy) is 1. The molecule has 18 heavy (non-hydrogen) atoms. The van der Waals surface area contributed by atoms with E-state index in [4.69, 9.17) is 4.74 Å². The van der Waals surface area contributed by atoms with E-state index in [1.807, 2.05) is 0 Å². The molecule has 1 aromatic heterocycles. The van der Waals surface area contributed by atoms with Crippen molar-refractivity contribution in [2.75, 3.05) is 39.1 Å². The van der Waals surface area contributed by atoms with E-state index in [1.165, 1.54) is 6.42 Å². The first-order valence-electron chi connectivity index (χ1n) is 6.57. The lowest BCUT2D eigenvalue weighted by atomic mass is 10.3. The molecule has 0 aliphatic heterocycles. The smallest absolute Gasteiger partial charge is 0.225 e. The number of nitrogens with one attached hydrogen (secondary N) is 1. The molecule has 0 radical (unpaired) electrons. The molecule has 5 nitrogen and oxygen atoms in total. The Morgan fingerprint density at radius 2 is 2.17 bits per heavy atom. The van der Waals surface area contributed by atoms with Gasteiger partial charge in [-0.15, -0.1) is 0 Å². The molecule has 0 atom stereocenters. The van der Waals surface area contributed by atoms with Crippen molar-refractivity contribution in [2.45, 2.75) is 26.2 Å². The lowest BCUT2D eigenvalue weighted by Gasteiger charge is -2.09. The average Bonchev–Trinajstić information content (AvgIpc) is 2.36. The number of unbranched alkanes of at least 4 members (excludes halogenated alkanes) is 1. The summed E-state index contributed by atoms with van der Waals surface area (Å²) < 4.78 is 5.46. The molecule has 1 N–H and O–H groups in total. The Balaban J connectivity index is 2.24. The van der Waals surface area contributed by atoms with Crippen molar-refractivity contribution in [1.29, 1.82) is 0 Å². The first-order valence-corrected chi connectivity index (χ1v) is 6.57. The van der Waals surface area contributed by atoms with E-state index in [9.17, 15) is 0 Å². The van der Waals surface area contributed by atoms with Crippen LogP contribution in [0.2, 0.25) is 0 Å². The van der Waals surface area contributed by atoms with Crippen molar-refractivity contribution >= 4 is 5.95 Å². The van der Waals surface area contributed by atoms with Gasteiger partial charge in [0.15, 0.2) is 0 Å². The van der Waals surface area contributed by atoms with Crippen LogP contribution in [-0.2, 0) is 0 Å². The Morgan fingerprint density at radius 3 is 2.89 bits per heavy atom. The summed E-state index contributed by atoms with van der Waals surface area (Å²) in [5.41, 5.74) is 0. The maximum absolute atomic E-state index is 5.46. The molecule has 102 valence electrons. The molecule has 0 aliphatic carbocycles. The zero-order chi connectivity index (χ0) is 13.2. The first kappa shape index (κ1) is 14.7. The first-order chi connectivity index (χ1) is 8.72. The standard InChI is InChI=1S/C13H24N4O/c1-4-11-18-12-7-9-15-13(16-12)14-8-5-6-10-17(2)3/h7,9H,4-6,8,10-11H2,1-3H3,(H,14,15,16). The van der Waals surface area contributed by atoms with E-state index < -0.39 is 0 Å². The van der Waals surface area contributed by atoms with E-state index >= 15 is 0 Å². The Bertz CT molecular complexity index is 331. The fraction of sp³-hybridized carbons (Fsp3) is 0.692. The second-order valence-electron chi connectivity index (χ2n) is 4.50. The van der Waals surface area contributed by atoms with E-state index in [0.717, 1.165) is 25.9 Å². The van der Waals surface area contributed by atoms with E-state index in [-0.39, 0.29) is 0 Å². The molecular formula is C13H24N4O. The molecule has 0 bridgehead atoms. The van der Waals surface area contributed by atoms with Gasteiger partial charge in [-0.25, -0.2) is 4.98 Å². The average molecular weight is 252 g/mol. The van der Waals surface area contributed by atoms with Crippen LogP contribution in [0, 0.1) is 0 Å². The van der Waals surface area contributed by atoms with Crippen molar-refractivity contribution < 1.29 is 4.74 Å². The van der Waals surface area contributed by atoms with Crippen LogP contribution >= 0.6 is 0 Å². The summed E-state index contributed by atoms with van der Waals surface area (Å²) in [4.78, 5) is 10.6. The van der Waals surface area contributed by atoms with Gasteiger partial charge in [-0.3, -0.25) is 0 Å². The van der Waals surface area contributed by atoms with Crippen molar-refractivity contribution in [3.05, 3.63) is 12.3 Å². The van der Waals surface area contributed by atoms with Crippen LogP contribution in [-0.4, -0.2) is 48.7 Å². The maximum atomic E-state index is 5.46. The summed E-state index contributed by atoms with van der Waals surface area (Å²) in [6.45, 7) is 4.78. The van der Waals surface area contributed by atoms with Gasteiger partial charge >= 0.3 is 0 Å². The van der Waals surface area contributed by atoms with Gasteiger partial charge in [0.1, 0.15) is 0 Å². The van der Waals surface area contributed by atoms with Gasteiger partial charge in [0.25, 0.3) is 0 Å². The third-order valence-electron chi connectivity index (χ3n) is 2.40. The molecule has 0 saturated carbocycles. The van der Waals surface area contributed by atoms with Gasteiger partial charge in [-0.1, -0.05) is 6.92 Å². The summed E-state index contributed by atoms with van der Waals surface area (Å²) in [6.07, 6.45) is 4.99. The minimum atomic E-state index is 0.641. The van der Waals surface area contributed by atoms with Crippen LogP contribution in [0.25, 0.3) is 0 Å². The number of hydrogen-bond donors (Lipinski definition) is 1. The van der Waals surface area contributed by atoms with Gasteiger partial charge in [0.05, 0.1) is 6.61 Å². The quantitative estimate of drug-likeness (QED) is 0.681. The van der Waals surface area contributed by atoms with Crippen molar-refractivity contribution in [3.8, 4) is 5.88 Å². The minimum absolute atomic E-state index is 0.641. The Morgan fingerprint density at radius 1 is 1.33 bits per heavy atom. The summed E-state index contributed by atoms with van der Waals surface area (Å²) >= 11 is 0. The predicted molar refractivity (Wildman–Crippen MR) is 74.1 cm³/mol. The van der Waals surface area contributed by atoms with Crippen LogP contribution in [0.5, 0.6) is 5.88 Å². The van der Waals surface area contributed by atoms with Crippen LogP contribution in [0.3, 0.4) is 0 Å². The molecular weight excluding hydrogens is 228 g/mol. The lowest BCUT2D eigenvalue weighted by Crippen LogP contribution is -2.14. The molecule has 1 aromatic rings. The summed E-state index contributed by atoms with van der Waals surface area (Å²) in [5.74, 6) is 1.29. The fourth-order valence-electron chi connectivity index (χ4n) is 1.47. The van der Waals surface area contributed by atoms with Gasteiger partial charge in [-0.05, 0) is 39.9 Å². The fourth-order valence-corrected chi connectivity index (χ4v) is 1.47. The molecule has 0 aromatic carbocycles. The van der Waals surface area contributed by atoms with Gasteiger partial charge in [0.2, 0.25) is 11.8 Å². The Hall–Kier alpha value is -1.36. The monoisotopic (exact) mass is 252 g/mol. The molecule has 1 rings (SSSR count). The van der Waals surface area contributed by atoms with Gasteiger partial charge < -0.3 is 15.0 Å². The largest absolute Gasteiger partial charge is 0.478 e. The number of aromatic nitrogens is 2. The van der Waals surface area contributed by atoms with Crippen LogP contribution in [0.4, 0.5) is 5.95 Å². The van der Waals surface area contributed by atoms with Crippen molar-refractivity contribution in [3.63, 3.8) is 0 Å². The Labute approximate surface area is 110 Å².